The number of para-hydroxylation sites is 2. The highest BCUT2D eigenvalue weighted by molar-refractivity contribution is 14.0. The number of unbranched alkanes of at least 4 members (excludes halogenated alkanes) is 1. The number of hydrogen-bond acceptors (Lipinski definition) is 4. The van der Waals surface area contributed by atoms with Crippen LogP contribution >= 0.6 is 35.7 Å². The number of aliphatic imine (C=N–C) groups is 1. The van der Waals surface area contributed by atoms with Crippen molar-refractivity contribution in [3.05, 3.63) is 24.3 Å². The smallest absolute Gasteiger partial charge is 0.190 e. The quantitative estimate of drug-likeness (QED) is 0.240. The van der Waals surface area contributed by atoms with Crippen LogP contribution in [0, 0.1) is 5.92 Å². The van der Waals surface area contributed by atoms with Gasteiger partial charge in [0.25, 0.3) is 0 Å². The molecular weight excluding hydrogens is 459 g/mol. The van der Waals surface area contributed by atoms with E-state index in [9.17, 15) is 0 Å². The van der Waals surface area contributed by atoms with E-state index < -0.39 is 0 Å². The molecule has 1 saturated heterocycles. The number of thioether (sulfide) groups is 1. The number of halogens is 1. The summed E-state index contributed by atoms with van der Waals surface area (Å²) in [5, 5.41) is 6.89. The lowest BCUT2D eigenvalue weighted by Crippen LogP contribution is -2.40. The molecule has 0 saturated carbocycles. The first-order chi connectivity index (χ1) is 12.3. The molecule has 1 aromatic rings. The third-order valence-electron chi connectivity index (χ3n) is 4.56. The molecule has 0 aromatic heterocycles. The summed E-state index contributed by atoms with van der Waals surface area (Å²) in [5.41, 5.74) is 1.20. The van der Waals surface area contributed by atoms with Crippen molar-refractivity contribution >= 4 is 47.4 Å². The van der Waals surface area contributed by atoms with E-state index in [2.05, 4.69) is 38.9 Å². The van der Waals surface area contributed by atoms with E-state index in [1.807, 2.05) is 30.9 Å². The van der Waals surface area contributed by atoms with Gasteiger partial charge in [0, 0.05) is 33.2 Å². The summed E-state index contributed by atoms with van der Waals surface area (Å²) in [7, 11) is 3.58. The van der Waals surface area contributed by atoms with Crippen molar-refractivity contribution in [2.45, 2.75) is 19.3 Å². The number of guanidine groups is 1. The standard InChI is InChI=1S/C19H32N4OS.HI/c1-20-19(21-11-6-7-13-25-3)22-14-16-10-12-23(15-16)17-8-4-5-9-18(17)24-2;/h4-5,8-9,16H,6-7,10-15H2,1-3H3,(H2,20,21,22);1H. The van der Waals surface area contributed by atoms with E-state index in [1.165, 1.54) is 30.7 Å². The SMILES string of the molecule is CN=C(NCCCCSC)NCC1CCN(c2ccccc2OC)C1.I. The molecular formula is C19H33IN4OS. The van der Waals surface area contributed by atoms with Crippen LogP contribution in [0.25, 0.3) is 0 Å². The second-order valence-corrected chi connectivity index (χ2v) is 7.34. The van der Waals surface area contributed by atoms with Crippen molar-refractivity contribution in [2.24, 2.45) is 10.9 Å². The molecule has 2 N–H and O–H groups in total. The summed E-state index contributed by atoms with van der Waals surface area (Å²) in [5.74, 6) is 3.73. The summed E-state index contributed by atoms with van der Waals surface area (Å²) in [6.45, 7) is 4.07. The van der Waals surface area contributed by atoms with E-state index in [0.29, 0.717) is 5.92 Å². The molecule has 1 fully saturated rings. The number of anilines is 1. The Hall–Kier alpha value is -0.830. The van der Waals surface area contributed by atoms with Crippen molar-refractivity contribution in [1.29, 1.82) is 0 Å². The Morgan fingerprint density at radius 1 is 1.31 bits per heavy atom. The minimum absolute atomic E-state index is 0. The number of nitrogens with zero attached hydrogens (tertiary/aromatic N) is 2. The molecule has 5 nitrogen and oxygen atoms in total. The zero-order valence-electron chi connectivity index (χ0n) is 16.2. The van der Waals surface area contributed by atoms with Crippen molar-refractivity contribution in [3.8, 4) is 5.75 Å². The summed E-state index contributed by atoms with van der Waals surface area (Å²) in [4.78, 5) is 6.75. The van der Waals surface area contributed by atoms with Gasteiger partial charge in [-0.1, -0.05) is 12.1 Å². The molecule has 0 bridgehead atoms. The fourth-order valence-corrected chi connectivity index (χ4v) is 3.64. The van der Waals surface area contributed by atoms with Crippen LogP contribution in [0.3, 0.4) is 0 Å². The molecule has 7 heteroatoms. The molecule has 0 amide bonds. The van der Waals surface area contributed by atoms with Gasteiger partial charge in [0.2, 0.25) is 0 Å². The largest absolute Gasteiger partial charge is 0.495 e. The van der Waals surface area contributed by atoms with Crippen LogP contribution in [0.1, 0.15) is 19.3 Å². The molecule has 0 radical (unpaired) electrons. The van der Waals surface area contributed by atoms with Gasteiger partial charge >= 0.3 is 0 Å². The van der Waals surface area contributed by atoms with Gasteiger partial charge in [0.05, 0.1) is 12.8 Å². The minimum Gasteiger partial charge on any atom is -0.495 e. The van der Waals surface area contributed by atoms with Gasteiger partial charge in [-0.05, 0) is 49.3 Å². The normalized spacial score (nSPS) is 17.0. The van der Waals surface area contributed by atoms with Crippen LogP contribution in [0.2, 0.25) is 0 Å². The molecule has 1 aliphatic rings. The average molecular weight is 492 g/mol. The van der Waals surface area contributed by atoms with Crippen molar-refractivity contribution < 1.29 is 4.74 Å². The van der Waals surface area contributed by atoms with E-state index in [-0.39, 0.29) is 24.0 Å². The summed E-state index contributed by atoms with van der Waals surface area (Å²) < 4.78 is 5.49. The molecule has 1 aromatic carbocycles. The molecule has 1 heterocycles. The maximum absolute atomic E-state index is 5.49. The second kappa shape index (κ2) is 13.4. The summed E-state index contributed by atoms with van der Waals surface area (Å²) >= 11 is 1.91. The number of benzene rings is 1. The van der Waals surface area contributed by atoms with E-state index in [4.69, 9.17) is 4.74 Å². The first-order valence-corrected chi connectivity index (χ1v) is 10.5. The van der Waals surface area contributed by atoms with Gasteiger partial charge in [0.1, 0.15) is 5.75 Å². The second-order valence-electron chi connectivity index (χ2n) is 6.35. The number of nitrogens with one attached hydrogen (secondary N) is 2. The number of hydrogen-bond donors (Lipinski definition) is 2. The summed E-state index contributed by atoms with van der Waals surface area (Å²) in [6, 6.07) is 8.27. The summed E-state index contributed by atoms with van der Waals surface area (Å²) in [6.07, 6.45) is 5.79. The van der Waals surface area contributed by atoms with Crippen molar-refractivity contribution in [2.75, 3.05) is 57.2 Å². The highest BCUT2D eigenvalue weighted by Crippen LogP contribution is 2.31. The van der Waals surface area contributed by atoms with Crippen LogP contribution in [0.4, 0.5) is 5.69 Å². The topological polar surface area (TPSA) is 48.9 Å². The fraction of sp³-hybridized carbons (Fsp3) is 0.632. The predicted molar refractivity (Wildman–Crippen MR) is 126 cm³/mol. The zero-order chi connectivity index (χ0) is 17.9. The Kier molecular flexibility index (Phi) is 11.9. The maximum Gasteiger partial charge on any atom is 0.190 e. The van der Waals surface area contributed by atoms with Gasteiger partial charge < -0.3 is 20.3 Å². The van der Waals surface area contributed by atoms with Crippen LogP contribution in [-0.2, 0) is 0 Å². The molecule has 1 aliphatic heterocycles. The molecule has 1 unspecified atom stereocenters. The lowest BCUT2D eigenvalue weighted by Gasteiger charge is -2.21. The van der Waals surface area contributed by atoms with Crippen LogP contribution in [0.15, 0.2) is 29.3 Å². The van der Waals surface area contributed by atoms with Gasteiger partial charge in [0.15, 0.2) is 5.96 Å². The molecule has 1 atom stereocenters. The molecule has 148 valence electrons. The van der Waals surface area contributed by atoms with Gasteiger partial charge in [-0.3, -0.25) is 4.99 Å². The van der Waals surface area contributed by atoms with Crippen LogP contribution in [-0.4, -0.2) is 58.3 Å². The average Bonchev–Trinajstić information content (AvgIpc) is 3.12. The van der Waals surface area contributed by atoms with Crippen LogP contribution in [0.5, 0.6) is 5.75 Å². The first kappa shape index (κ1) is 23.2. The highest BCUT2D eigenvalue weighted by Gasteiger charge is 2.24. The third kappa shape index (κ3) is 7.42. The van der Waals surface area contributed by atoms with E-state index >= 15 is 0 Å². The van der Waals surface area contributed by atoms with Gasteiger partial charge in [-0.15, -0.1) is 24.0 Å². The van der Waals surface area contributed by atoms with E-state index in [0.717, 1.165) is 37.9 Å². The maximum atomic E-state index is 5.49. The first-order valence-electron chi connectivity index (χ1n) is 9.10. The minimum atomic E-state index is 0. The number of methoxy groups -OCH3 is 1. The lowest BCUT2D eigenvalue weighted by molar-refractivity contribution is 0.414. The zero-order valence-corrected chi connectivity index (χ0v) is 19.3. The Morgan fingerprint density at radius 3 is 2.85 bits per heavy atom. The molecule has 2 rings (SSSR count). The number of rotatable bonds is 9. The Morgan fingerprint density at radius 2 is 2.12 bits per heavy atom. The molecule has 0 spiro atoms. The molecule has 0 aliphatic carbocycles. The predicted octanol–water partition coefficient (Wildman–Crippen LogP) is 3.45. The third-order valence-corrected chi connectivity index (χ3v) is 5.26. The van der Waals surface area contributed by atoms with Crippen molar-refractivity contribution in [1.82, 2.24) is 10.6 Å². The fourth-order valence-electron chi connectivity index (χ4n) is 3.15. The van der Waals surface area contributed by atoms with E-state index in [1.54, 1.807) is 7.11 Å². The monoisotopic (exact) mass is 492 g/mol. The molecule has 26 heavy (non-hydrogen) atoms. The number of ether oxygens (including phenoxy) is 1. The van der Waals surface area contributed by atoms with Crippen LogP contribution < -0.4 is 20.3 Å². The highest BCUT2D eigenvalue weighted by atomic mass is 127. The Balaban J connectivity index is 0.00000338. The van der Waals surface area contributed by atoms with Gasteiger partial charge in [-0.2, -0.15) is 11.8 Å². The lowest BCUT2D eigenvalue weighted by atomic mass is 10.1. The van der Waals surface area contributed by atoms with Gasteiger partial charge in [-0.25, -0.2) is 0 Å². The Labute approximate surface area is 179 Å². The van der Waals surface area contributed by atoms with Crippen molar-refractivity contribution in [3.63, 3.8) is 0 Å². The Bertz CT molecular complexity index is 544.